The molecule has 0 bridgehead atoms. The first-order valence-electron chi connectivity index (χ1n) is 7.70. The van der Waals surface area contributed by atoms with Gasteiger partial charge < -0.3 is 20.5 Å². The Labute approximate surface area is 148 Å². The van der Waals surface area contributed by atoms with E-state index in [-0.39, 0.29) is 37.2 Å². The van der Waals surface area contributed by atoms with Gasteiger partial charge in [0.15, 0.2) is 0 Å². The number of thioether (sulfide) groups is 1. The standard InChI is InChI=1S/C16H19FN2O5S/c17-11-4-2-1-3-10(11)7-13-16(23)19-12(9-25-13)15(22)18-5-6-24-8-14(20)21/h1-4,12-13H,5-9H2,(H,18,22)(H,19,23)(H,20,21). The van der Waals surface area contributed by atoms with E-state index in [2.05, 4.69) is 10.6 Å². The lowest BCUT2D eigenvalue weighted by molar-refractivity contribution is -0.142. The summed E-state index contributed by atoms with van der Waals surface area (Å²) >= 11 is 1.31. The fraction of sp³-hybridized carbons (Fsp3) is 0.438. The molecule has 0 aliphatic carbocycles. The van der Waals surface area contributed by atoms with Crippen molar-refractivity contribution in [3.63, 3.8) is 0 Å². The Morgan fingerprint density at radius 1 is 1.40 bits per heavy atom. The summed E-state index contributed by atoms with van der Waals surface area (Å²) in [5.41, 5.74) is 0.466. The molecule has 3 N–H and O–H groups in total. The van der Waals surface area contributed by atoms with Gasteiger partial charge in [-0.2, -0.15) is 0 Å². The van der Waals surface area contributed by atoms with Crippen molar-refractivity contribution in [1.29, 1.82) is 0 Å². The molecule has 9 heteroatoms. The smallest absolute Gasteiger partial charge is 0.329 e. The minimum absolute atomic E-state index is 0.0712. The van der Waals surface area contributed by atoms with E-state index < -0.39 is 23.9 Å². The second-order valence-corrected chi connectivity index (χ2v) is 6.65. The number of carboxylic acids is 1. The van der Waals surface area contributed by atoms with Crippen molar-refractivity contribution in [3.05, 3.63) is 35.6 Å². The summed E-state index contributed by atoms with van der Waals surface area (Å²) < 4.78 is 18.5. The van der Waals surface area contributed by atoms with Gasteiger partial charge in [0.1, 0.15) is 18.5 Å². The largest absolute Gasteiger partial charge is 0.480 e. The van der Waals surface area contributed by atoms with Crippen LogP contribution in [0.2, 0.25) is 0 Å². The summed E-state index contributed by atoms with van der Waals surface area (Å²) in [4.78, 5) is 34.4. The van der Waals surface area contributed by atoms with Gasteiger partial charge in [0.2, 0.25) is 11.8 Å². The average molecular weight is 370 g/mol. The summed E-state index contributed by atoms with van der Waals surface area (Å²) in [6, 6.07) is 5.62. The van der Waals surface area contributed by atoms with Crippen LogP contribution in [0, 0.1) is 5.82 Å². The van der Waals surface area contributed by atoms with E-state index in [1.807, 2.05) is 0 Å². The Morgan fingerprint density at radius 2 is 2.16 bits per heavy atom. The number of carbonyl (C=O) groups is 3. The Hall–Kier alpha value is -2.13. The van der Waals surface area contributed by atoms with Gasteiger partial charge in [0.25, 0.3) is 0 Å². The second kappa shape index (κ2) is 9.38. The topological polar surface area (TPSA) is 105 Å². The number of ether oxygens (including phenoxy) is 1. The number of rotatable bonds is 8. The van der Waals surface area contributed by atoms with E-state index in [1.54, 1.807) is 18.2 Å². The molecule has 2 rings (SSSR count). The van der Waals surface area contributed by atoms with Gasteiger partial charge in [-0.3, -0.25) is 9.59 Å². The number of carboxylic acid groups (broad SMARTS) is 1. The molecule has 136 valence electrons. The van der Waals surface area contributed by atoms with E-state index in [4.69, 9.17) is 9.84 Å². The lowest BCUT2D eigenvalue weighted by Gasteiger charge is -2.28. The first-order chi connectivity index (χ1) is 12.0. The van der Waals surface area contributed by atoms with Crippen LogP contribution in [0.4, 0.5) is 4.39 Å². The zero-order valence-corrected chi connectivity index (χ0v) is 14.2. The molecule has 1 heterocycles. The minimum atomic E-state index is -1.08. The minimum Gasteiger partial charge on any atom is -0.480 e. The summed E-state index contributed by atoms with van der Waals surface area (Å²) in [5.74, 6) is -1.71. The normalized spacial score (nSPS) is 20.0. The maximum Gasteiger partial charge on any atom is 0.329 e. The number of hydrogen-bond acceptors (Lipinski definition) is 5. The summed E-state index contributed by atoms with van der Waals surface area (Å²) in [7, 11) is 0. The highest BCUT2D eigenvalue weighted by Crippen LogP contribution is 2.23. The van der Waals surface area contributed by atoms with Crippen molar-refractivity contribution < 1.29 is 28.6 Å². The van der Waals surface area contributed by atoms with Crippen LogP contribution in [0.15, 0.2) is 24.3 Å². The lowest BCUT2D eigenvalue weighted by atomic mass is 10.1. The van der Waals surface area contributed by atoms with Crippen molar-refractivity contribution in [3.8, 4) is 0 Å². The van der Waals surface area contributed by atoms with E-state index in [0.29, 0.717) is 11.3 Å². The number of amides is 2. The molecule has 0 spiro atoms. The van der Waals surface area contributed by atoms with Crippen LogP contribution in [0.3, 0.4) is 0 Å². The molecule has 2 amide bonds. The highest BCUT2D eigenvalue weighted by molar-refractivity contribution is 8.00. The molecule has 2 atom stereocenters. The number of carbonyl (C=O) groups excluding carboxylic acids is 2. The number of nitrogens with one attached hydrogen (secondary N) is 2. The van der Waals surface area contributed by atoms with Crippen LogP contribution in [0.5, 0.6) is 0 Å². The van der Waals surface area contributed by atoms with Crippen LogP contribution < -0.4 is 10.6 Å². The van der Waals surface area contributed by atoms with Crippen LogP contribution in [0.1, 0.15) is 5.56 Å². The van der Waals surface area contributed by atoms with Crippen molar-refractivity contribution in [1.82, 2.24) is 10.6 Å². The number of benzene rings is 1. The van der Waals surface area contributed by atoms with Crippen LogP contribution >= 0.6 is 11.8 Å². The molecule has 2 unspecified atom stereocenters. The van der Waals surface area contributed by atoms with Crippen LogP contribution in [-0.2, 0) is 25.5 Å². The number of halogens is 1. The monoisotopic (exact) mass is 370 g/mol. The highest BCUT2D eigenvalue weighted by atomic mass is 32.2. The molecular formula is C16H19FN2O5S. The van der Waals surface area contributed by atoms with Crippen LogP contribution in [0.25, 0.3) is 0 Å². The van der Waals surface area contributed by atoms with Crippen molar-refractivity contribution in [2.45, 2.75) is 17.7 Å². The maximum absolute atomic E-state index is 13.7. The third kappa shape index (κ3) is 6.02. The molecule has 1 aromatic rings. The highest BCUT2D eigenvalue weighted by Gasteiger charge is 2.32. The van der Waals surface area contributed by atoms with E-state index in [0.717, 1.165) is 0 Å². The Kier molecular flexibility index (Phi) is 7.20. The molecule has 0 saturated carbocycles. The summed E-state index contributed by atoms with van der Waals surface area (Å²) in [6.45, 7) is -0.201. The predicted octanol–water partition coefficient (Wildman–Crippen LogP) is 0.186. The summed E-state index contributed by atoms with van der Waals surface area (Å²) in [6.07, 6.45) is 0.264. The first-order valence-corrected chi connectivity index (χ1v) is 8.75. The Balaban J connectivity index is 1.75. The molecule has 1 aromatic carbocycles. The van der Waals surface area contributed by atoms with Crippen molar-refractivity contribution in [2.75, 3.05) is 25.5 Å². The van der Waals surface area contributed by atoms with Gasteiger partial charge >= 0.3 is 5.97 Å². The number of hydrogen-bond donors (Lipinski definition) is 3. The van der Waals surface area contributed by atoms with Gasteiger partial charge in [0, 0.05) is 12.3 Å². The van der Waals surface area contributed by atoms with E-state index in [9.17, 15) is 18.8 Å². The molecule has 0 aromatic heterocycles. The summed E-state index contributed by atoms with van der Waals surface area (Å²) in [5, 5.41) is 13.2. The average Bonchev–Trinajstić information content (AvgIpc) is 2.57. The zero-order valence-electron chi connectivity index (χ0n) is 13.4. The molecule has 25 heavy (non-hydrogen) atoms. The SMILES string of the molecule is O=C(O)COCCNC(=O)C1CSC(Cc2ccccc2F)C(=O)N1. The third-order valence-corrected chi connectivity index (χ3v) is 4.83. The van der Waals surface area contributed by atoms with Gasteiger partial charge in [0.05, 0.1) is 11.9 Å². The fourth-order valence-electron chi connectivity index (χ4n) is 2.28. The van der Waals surface area contributed by atoms with Crippen molar-refractivity contribution in [2.24, 2.45) is 0 Å². The van der Waals surface area contributed by atoms with Gasteiger partial charge in [-0.1, -0.05) is 18.2 Å². The molecule has 1 fully saturated rings. The molecule has 1 aliphatic heterocycles. The first kappa shape index (κ1) is 19.2. The predicted molar refractivity (Wildman–Crippen MR) is 89.7 cm³/mol. The van der Waals surface area contributed by atoms with Crippen molar-refractivity contribution >= 4 is 29.5 Å². The van der Waals surface area contributed by atoms with Gasteiger partial charge in [-0.15, -0.1) is 11.8 Å². The lowest BCUT2D eigenvalue weighted by Crippen LogP contribution is -2.54. The molecule has 7 nitrogen and oxygen atoms in total. The maximum atomic E-state index is 13.7. The molecule has 0 radical (unpaired) electrons. The zero-order chi connectivity index (χ0) is 18.2. The third-order valence-electron chi connectivity index (χ3n) is 3.52. The van der Waals surface area contributed by atoms with Gasteiger partial charge in [-0.05, 0) is 18.1 Å². The Bertz CT molecular complexity index is 643. The number of aliphatic carboxylic acids is 1. The Morgan fingerprint density at radius 3 is 2.84 bits per heavy atom. The van der Waals surface area contributed by atoms with E-state index >= 15 is 0 Å². The van der Waals surface area contributed by atoms with Gasteiger partial charge in [-0.25, -0.2) is 9.18 Å². The fourth-order valence-corrected chi connectivity index (χ4v) is 3.46. The quantitative estimate of drug-likeness (QED) is 0.564. The molecule has 1 aliphatic rings. The molecular weight excluding hydrogens is 351 g/mol. The van der Waals surface area contributed by atoms with Crippen LogP contribution in [-0.4, -0.2) is 59.7 Å². The second-order valence-electron chi connectivity index (χ2n) is 5.42. The van der Waals surface area contributed by atoms with E-state index in [1.165, 1.54) is 17.8 Å². The molecule has 1 saturated heterocycles.